The summed E-state index contributed by atoms with van der Waals surface area (Å²) in [7, 11) is -3.89. The molecule has 1 N–H and O–H groups in total. The fourth-order valence-electron chi connectivity index (χ4n) is 6.70. The molecule has 1 unspecified atom stereocenters. The summed E-state index contributed by atoms with van der Waals surface area (Å²) in [4.78, 5) is 24.3. The summed E-state index contributed by atoms with van der Waals surface area (Å²) in [5.74, 6) is -0.768. The number of anilines is 1. The number of carbonyl (C=O) groups is 1. The second-order valence-electron chi connectivity index (χ2n) is 14.0. The molecule has 5 rings (SSSR count). The first-order chi connectivity index (χ1) is 22.5. The van der Waals surface area contributed by atoms with E-state index >= 15 is 0 Å². The van der Waals surface area contributed by atoms with E-state index in [1.165, 1.54) is 4.68 Å². The van der Waals surface area contributed by atoms with Gasteiger partial charge in [-0.1, -0.05) is 12.8 Å². The van der Waals surface area contributed by atoms with E-state index < -0.39 is 48.4 Å². The van der Waals surface area contributed by atoms with E-state index in [1.54, 1.807) is 45.7 Å². The van der Waals surface area contributed by atoms with Crippen LogP contribution >= 0.6 is 19.2 Å². The molecule has 1 amide bonds. The maximum atomic E-state index is 14.0. The summed E-state index contributed by atoms with van der Waals surface area (Å²) in [6, 6.07) is -0.146. The number of halogens is 1. The number of carbonyl (C=O) groups excluding carboxylic acids is 1. The Morgan fingerprint density at radius 1 is 1.17 bits per heavy atom. The number of aliphatic hydroxyl groups is 1. The van der Waals surface area contributed by atoms with Crippen LogP contribution in [0.15, 0.2) is 6.20 Å². The van der Waals surface area contributed by atoms with Crippen molar-refractivity contribution in [2.24, 2.45) is 0 Å². The highest BCUT2D eigenvalue weighted by Gasteiger charge is 2.65. The van der Waals surface area contributed by atoms with E-state index in [0.29, 0.717) is 11.0 Å². The minimum Gasteiger partial charge on any atom is -0.443 e. The van der Waals surface area contributed by atoms with Crippen molar-refractivity contribution in [1.82, 2.24) is 19.7 Å². The molecule has 4 atom stereocenters. The highest BCUT2D eigenvalue weighted by molar-refractivity contribution is 7.55. The molecule has 3 fully saturated rings. The number of hydrogen-bond acceptors (Lipinski definition) is 13. The maximum absolute atomic E-state index is 14.0. The molecule has 2 saturated heterocycles. The zero-order valence-corrected chi connectivity index (χ0v) is 30.7. The lowest BCUT2D eigenvalue weighted by Gasteiger charge is -2.39. The lowest BCUT2D eigenvalue weighted by Crippen LogP contribution is -2.50. The molecular formula is C31H49ClN5O10P. The van der Waals surface area contributed by atoms with Crippen molar-refractivity contribution in [2.45, 2.75) is 128 Å². The van der Waals surface area contributed by atoms with Crippen molar-refractivity contribution in [3.8, 4) is 0 Å². The molecule has 3 aliphatic rings. The SMILES string of the molecule is CCOP(=O)(OCC)C(C)(CCO)OC[C@@]12OC(C)(C)O[C@@H]1CO[C@H]2n1ncc2c(N(C(=O)OC(C)(C)C)C3CCCC3)nc(Cl)nc21. The van der Waals surface area contributed by atoms with Crippen LogP contribution < -0.4 is 4.90 Å². The predicted octanol–water partition coefficient (Wildman–Crippen LogP) is 5.96. The Balaban J connectivity index is 1.58. The fourth-order valence-corrected chi connectivity index (χ4v) is 8.76. The predicted molar refractivity (Wildman–Crippen MR) is 176 cm³/mol. The Morgan fingerprint density at radius 2 is 1.83 bits per heavy atom. The zero-order chi connectivity index (χ0) is 35.1. The van der Waals surface area contributed by atoms with Gasteiger partial charge in [0.15, 0.2) is 34.4 Å². The van der Waals surface area contributed by atoms with Gasteiger partial charge >= 0.3 is 13.7 Å². The van der Waals surface area contributed by atoms with Crippen LogP contribution in [0.5, 0.6) is 0 Å². The summed E-state index contributed by atoms with van der Waals surface area (Å²) < 4.78 is 58.4. The molecule has 2 aliphatic heterocycles. The van der Waals surface area contributed by atoms with Gasteiger partial charge in [0.05, 0.1) is 38.0 Å². The van der Waals surface area contributed by atoms with E-state index in [1.807, 2.05) is 20.8 Å². The van der Waals surface area contributed by atoms with Crippen LogP contribution in [0.1, 0.15) is 93.7 Å². The van der Waals surface area contributed by atoms with Crippen molar-refractivity contribution in [1.29, 1.82) is 0 Å². The molecule has 0 aromatic carbocycles. The van der Waals surface area contributed by atoms with Crippen LogP contribution in [0.4, 0.5) is 10.6 Å². The number of fused-ring (bicyclic) bond motifs is 2. The van der Waals surface area contributed by atoms with Crippen molar-refractivity contribution < 1.29 is 47.2 Å². The first-order valence-corrected chi connectivity index (χ1v) is 18.5. The van der Waals surface area contributed by atoms with Gasteiger partial charge in [0.2, 0.25) is 5.28 Å². The smallest absolute Gasteiger partial charge is 0.416 e. The molecule has 0 spiro atoms. The van der Waals surface area contributed by atoms with Crippen molar-refractivity contribution in [3.05, 3.63) is 11.5 Å². The van der Waals surface area contributed by atoms with Crippen LogP contribution in [0.3, 0.4) is 0 Å². The average molecular weight is 718 g/mol. The number of aliphatic hydroxyl groups excluding tert-OH is 1. The molecule has 17 heteroatoms. The van der Waals surface area contributed by atoms with Gasteiger partial charge in [-0.3, -0.25) is 9.46 Å². The Kier molecular flexibility index (Phi) is 10.9. The second kappa shape index (κ2) is 14.0. The van der Waals surface area contributed by atoms with Gasteiger partial charge < -0.3 is 37.8 Å². The van der Waals surface area contributed by atoms with Gasteiger partial charge in [-0.2, -0.15) is 15.1 Å². The van der Waals surface area contributed by atoms with E-state index in [4.69, 9.17) is 44.3 Å². The van der Waals surface area contributed by atoms with E-state index in [2.05, 4.69) is 15.1 Å². The molecule has 1 saturated carbocycles. The minimum absolute atomic E-state index is 0.0423. The quantitative estimate of drug-likeness (QED) is 0.191. The lowest BCUT2D eigenvalue weighted by atomic mass is 9.98. The molecule has 48 heavy (non-hydrogen) atoms. The van der Waals surface area contributed by atoms with Crippen molar-refractivity contribution >= 4 is 42.1 Å². The molecule has 2 aromatic rings. The average Bonchev–Trinajstić information content (AvgIpc) is 3.75. The molecule has 1 aliphatic carbocycles. The Hall–Kier alpha value is -1.94. The van der Waals surface area contributed by atoms with Crippen molar-refractivity contribution in [3.63, 3.8) is 0 Å². The number of aromatic nitrogens is 4. The molecule has 2 aromatic heterocycles. The van der Waals surface area contributed by atoms with Gasteiger partial charge in [0.1, 0.15) is 11.7 Å². The first kappa shape index (κ1) is 37.3. The van der Waals surface area contributed by atoms with Gasteiger partial charge in [-0.05, 0) is 79.8 Å². The van der Waals surface area contributed by atoms with Crippen LogP contribution in [0, 0.1) is 0 Å². The number of rotatable bonds is 13. The van der Waals surface area contributed by atoms with Crippen LogP contribution in [0.25, 0.3) is 11.0 Å². The third kappa shape index (κ3) is 7.13. The van der Waals surface area contributed by atoms with Crippen LogP contribution in [-0.4, -0.2) is 98.5 Å². The molecule has 15 nitrogen and oxygen atoms in total. The van der Waals surface area contributed by atoms with Crippen LogP contribution in [0.2, 0.25) is 5.28 Å². The maximum Gasteiger partial charge on any atom is 0.416 e. The molecule has 0 bridgehead atoms. The monoisotopic (exact) mass is 717 g/mol. The third-order valence-electron chi connectivity index (χ3n) is 8.73. The summed E-state index contributed by atoms with van der Waals surface area (Å²) in [5, 5.41) is 13.5. The summed E-state index contributed by atoms with van der Waals surface area (Å²) in [6.45, 7) is 13.8. The Bertz CT molecular complexity index is 1500. The highest BCUT2D eigenvalue weighted by Crippen LogP contribution is 2.63. The number of amides is 1. The van der Waals surface area contributed by atoms with Gasteiger partial charge in [-0.25, -0.2) is 9.48 Å². The largest absolute Gasteiger partial charge is 0.443 e. The van der Waals surface area contributed by atoms with Crippen LogP contribution in [-0.2, 0) is 37.3 Å². The minimum atomic E-state index is -3.89. The topological polar surface area (TPSA) is 166 Å². The van der Waals surface area contributed by atoms with Gasteiger partial charge in [0.25, 0.3) is 0 Å². The fraction of sp³-hybridized carbons (Fsp3) is 0.806. The summed E-state index contributed by atoms with van der Waals surface area (Å²) in [5.41, 5.74) is -1.78. The summed E-state index contributed by atoms with van der Waals surface area (Å²) in [6.07, 6.45) is 2.87. The lowest BCUT2D eigenvalue weighted by molar-refractivity contribution is -0.227. The molecule has 4 heterocycles. The normalized spacial score (nSPS) is 25.8. The van der Waals surface area contributed by atoms with Crippen molar-refractivity contribution in [2.75, 3.05) is 37.9 Å². The summed E-state index contributed by atoms with van der Waals surface area (Å²) >= 11 is 6.56. The van der Waals surface area contributed by atoms with Gasteiger partial charge in [0, 0.05) is 19.1 Å². The highest BCUT2D eigenvalue weighted by atomic mass is 35.5. The van der Waals surface area contributed by atoms with E-state index in [0.717, 1.165) is 25.7 Å². The number of nitrogens with zero attached hydrogens (tertiary/aromatic N) is 5. The third-order valence-corrected chi connectivity index (χ3v) is 11.6. The zero-order valence-electron chi connectivity index (χ0n) is 29.1. The standard InChI is InChI=1S/C31H49ClN5O10P/c1-9-43-48(40,44-10-2)30(8,15-16-38)42-19-31-22(45-29(6,7)47-31)18-41-25(31)37-24-21(17-33-37)23(34-26(32)35-24)36(20-13-11-12-14-20)27(39)46-28(3,4)5/h17,20,22,25,38H,9-16,18-19H2,1-8H3/t22-,25-,30?,31-/m1/s1. The molecule has 270 valence electrons. The Morgan fingerprint density at radius 3 is 2.44 bits per heavy atom. The number of hydrogen-bond donors (Lipinski definition) is 1. The second-order valence-corrected chi connectivity index (χ2v) is 16.7. The Labute approximate surface area is 286 Å². The number of ether oxygens (including phenoxy) is 5. The molecular weight excluding hydrogens is 669 g/mol. The first-order valence-electron chi connectivity index (χ1n) is 16.6. The molecule has 0 radical (unpaired) electrons. The van der Waals surface area contributed by atoms with E-state index in [-0.39, 0.29) is 56.6 Å². The van der Waals surface area contributed by atoms with E-state index in [9.17, 15) is 14.5 Å². The van der Waals surface area contributed by atoms with Gasteiger partial charge in [-0.15, -0.1) is 0 Å².